The van der Waals surface area contributed by atoms with E-state index in [9.17, 15) is 10.2 Å². The molecule has 1 aliphatic heterocycles. The zero-order valence-corrected chi connectivity index (χ0v) is 18.2. The van der Waals surface area contributed by atoms with E-state index in [1.807, 2.05) is 60.7 Å². The Hall–Kier alpha value is -3.60. The normalized spacial score (nSPS) is 19.4. The van der Waals surface area contributed by atoms with Crippen LogP contribution >= 0.6 is 0 Å². The average Bonchev–Trinajstić information content (AvgIpc) is 3.19. The summed E-state index contributed by atoms with van der Waals surface area (Å²) < 4.78 is 13.5. The van der Waals surface area contributed by atoms with Crippen molar-refractivity contribution in [1.29, 1.82) is 0 Å². The van der Waals surface area contributed by atoms with E-state index in [-0.39, 0.29) is 11.5 Å². The number of hydrogen-bond donors (Lipinski definition) is 2. The lowest BCUT2D eigenvalue weighted by molar-refractivity contribution is -0.175. The van der Waals surface area contributed by atoms with Gasteiger partial charge in [0.2, 0.25) is 0 Å². The highest BCUT2D eigenvalue weighted by atomic mass is 16.8. The molecule has 4 aromatic carbocycles. The molecule has 0 aromatic heterocycles. The maximum atomic E-state index is 10.7. The lowest BCUT2D eigenvalue weighted by Gasteiger charge is -2.29. The quantitative estimate of drug-likeness (QED) is 0.381. The molecule has 0 aliphatic carbocycles. The van der Waals surface area contributed by atoms with E-state index in [1.165, 1.54) is 0 Å². The van der Waals surface area contributed by atoms with Crippen LogP contribution in [0.15, 0.2) is 109 Å². The largest absolute Gasteiger partial charge is 0.508 e. The van der Waals surface area contributed by atoms with Gasteiger partial charge in [-0.3, -0.25) is 0 Å². The van der Waals surface area contributed by atoms with E-state index >= 15 is 0 Å². The summed E-state index contributed by atoms with van der Waals surface area (Å²) in [6, 6.07) is 34.5. The maximum Gasteiger partial charge on any atom is 0.178 e. The van der Waals surface area contributed by atoms with Gasteiger partial charge in [-0.05, 0) is 23.3 Å². The molecule has 4 nitrogen and oxygen atoms in total. The minimum atomic E-state index is -0.984. The molecule has 1 heterocycles. The molecule has 33 heavy (non-hydrogen) atoms. The minimum absolute atomic E-state index is 0.141. The predicted octanol–water partition coefficient (Wildman–Crippen LogP) is 6.11. The van der Waals surface area contributed by atoms with Gasteiger partial charge in [-0.25, -0.2) is 0 Å². The summed E-state index contributed by atoms with van der Waals surface area (Å²) in [4.78, 5) is 0. The highest BCUT2D eigenvalue weighted by Crippen LogP contribution is 2.52. The first-order chi connectivity index (χ1) is 16.1. The number of para-hydroxylation sites is 2. The van der Waals surface area contributed by atoms with Gasteiger partial charge in [0.25, 0.3) is 0 Å². The van der Waals surface area contributed by atoms with Crippen LogP contribution in [0.2, 0.25) is 0 Å². The molecule has 1 saturated heterocycles. The van der Waals surface area contributed by atoms with Gasteiger partial charge < -0.3 is 19.7 Å². The van der Waals surface area contributed by atoms with Crippen molar-refractivity contribution in [3.63, 3.8) is 0 Å². The van der Waals surface area contributed by atoms with Crippen LogP contribution in [0.4, 0.5) is 0 Å². The second-order valence-electron chi connectivity index (χ2n) is 8.43. The van der Waals surface area contributed by atoms with Crippen molar-refractivity contribution < 1.29 is 19.7 Å². The molecule has 4 heteroatoms. The lowest BCUT2D eigenvalue weighted by atomic mass is 9.97. The summed E-state index contributed by atoms with van der Waals surface area (Å²) in [5, 5.41) is 21.3. The van der Waals surface area contributed by atoms with Crippen LogP contribution in [0.3, 0.4) is 0 Å². The van der Waals surface area contributed by atoms with Crippen LogP contribution in [0.5, 0.6) is 11.5 Å². The highest BCUT2D eigenvalue weighted by molar-refractivity contribution is 5.41. The van der Waals surface area contributed by atoms with Crippen LogP contribution < -0.4 is 0 Å². The lowest BCUT2D eigenvalue weighted by Crippen LogP contribution is -2.36. The number of hydrogen-bond acceptors (Lipinski definition) is 4. The summed E-state index contributed by atoms with van der Waals surface area (Å²) in [5.41, 5.74) is 3.44. The molecule has 2 atom stereocenters. The Morgan fingerprint density at radius 3 is 1.27 bits per heavy atom. The van der Waals surface area contributed by atoms with E-state index in [0.29, 0.717) is 24.0 Å². The number of rotatable bonds is 6. The molecule has 2 N–H and O–H groups in total. The highest BCUT2D eigenvalue weighted by Gasteiger charge is 2.50. The van der Waals surface area contributed by atoms with Gasteiger partial charge in [0.1, 0.15) is 23.7 Å². The third-order valence-corrected chi connectivity index (χ3v) is 6.08. The van der Waals surface area contributed by atoms with E-state index in [0.717, 1.165) is 11.1 Å². The molecule has 0 amide bonds. The summed E-state index contributed by atoms with van der Waals surface area (Å²) >= 11 is 0. The van der Waals surface area contributed by atoms with Gasteiger partial charge in [-0.1, -0.05) is 97.1 Å². The Morgan fingerprint density at radius 2 is 0.879 bits per heavy atom. The standard InChI is InChI=1S/C29H26O4/c30-25-17-9-7-15-23(25)27-28(24-16-8-10-18-26(24)31)33-29(32-27,19-21-11-3-1-4-12-21)20-22-13-5-2-6-14-22/h1-18,27-28,30-31H,19-20H2/t27-,28-/m0/s1. The van der Waals surface area contributed by atoms with Crippen molar-refractivity contribution in [2.75, 3.05) is 0 Å². The Morgan fingerprint density at radius 1 is 0.515 bits per heavy atom. The molecule has 1 fully saturated rings. The van der Waals surface area contributed by atoms with Crippen molar-refractivity contribution in [2.45, 2.75) is 30.8 Å². The van der Waals surface area contributed by atoms with Crippen LogP contribution in [-0.2, 0) is 22.3 Å². The number of ether oxygens (including phenoxy) is 2. The van der Waals surface area contributed by atoms with Gasteiger partial charge in [-0.15, -0.1) is 0 Å². The molecule has 0 bridgehead atoms. The van der Waals surface area contributed by atoms with E-state index < -0.39 is 18.0 Å². The molecule has 5 rings (SSSR count). The van der Waals surface area contributed by atoms with Gasteiger partial charge in [-0.2, -0.15) is 0 Å². The molecule has 4 aromatic rings. The predicted molar refractivity (Wildman–Crippen MR) is 127 cm³/mol. The SMILES string of the molecule is Oc1ccccc1[C@@H]1OC(Cc2ccccc2)(Cc2ccccc2)O[C@H]1c1ccccc1O. The first-order valence-electron chi connectivity index (χ1n) is 11.1. The van der Waals surface area contributed by atoms with Crippen LogP contribution in [-0.4, -0.2) is 16.0 Å². The molecule has 0 unspecified atom stereocenters. The number of phenols is 2. The molecule has 0 radical (unpaired) electrons. The molecule has 1 aliphatic rings. The Bertz CT molecular complexity index is 1110. The molecular formula is C29H26O4. The van der Waals surface area contributed by atoms with Crippen LogP contribution in [0, 0.1) is 0 Å². The molecule has 0 saturated carbocycles. The molecular weight excluding hydrogens is 412 g/mol. The van der Waals surface area contributed by atoms with Crippen molar-refractivity contribution in [1.82, 2.24) is 0 Å². The summed E-state index contributed by atoms with van der Waals surface area (Å²) in [6.45, 7) is 0. The Kier molecular flexibility index (Phi) is 5.86. The van der Waals surface area contributed by atoms with Crippen molar-refractivity contribution in [3.05, 3.63) is 131 Å². The zero-order chi connectivity index (χ0) is 22.7. The average molecular weight is 439 g/mol. The first-order valence-corrected chi connectivity index (χ1v) is 11.1. The molecule has 166 valence electrons. The third kappa shape index (κ3) is 4.49. The zero-order valence-electron chi connectivity index (χ0n) is 18.2. The van der Waals surface area contributed by atoms with Gasteiger partial charge in [0.05, 0.1) is 0 Å². The second-order valence-corrected chi connectivity index (χ2v) is 8.43. The van der Waals surface area contributed by atoms with Crippen molar-refractivity contribution in [2.24, 2.45) is 0 Å². The minimum Gasteiger partial charge on any atom is -0.508 e. The monoisotopic (exact) mass is 438 g/mol. The van der Waals surface area contributed by atoms with Gasteiger partial charge in [0.15, 0.2) is 5.79 Å². The van der Waals surface area contributed by atoms with E-state index in [4.69, 9.17) is 9.47 Å². The third-order valence-electron chi connectivity index (χ3n) is 6.08. The van der Waals surface area contributed by atoms with E-state index in [1.54, 1.807) is 24.3 Å². The molecule has 0 spiro atoms. The topological polar surface area (TPSA) is 58.9 Å². The number of phenolic OH excluding ortho intramolecular Hbond substituents is 2. The Balaban J connectivity index is 1.61. The summed E-state index contributed by atoms with van der Waals surface area (Å²) in [5.74, 6) is -0.703. The van der Waals surface area contributed by atoms with Crippen LogP contribution in [0.25, 0.3) is 0 Å². The number of benzene rings is 4. The van der Waals surface area contributed by atoms with Gasteiger partial charge >= 0.3 is 0 Å². The fraction of sp³-hybridized carbons (Fsp3) is 0.172. The smallest absolute Gasteiger partial charge is 0.178 e. The maximum absolute atomic E-state index is 10.7. The van der Waals surface area contributed by atoms with Crippen molar-refractivity contribution in [3.8, 4) is 11.5 Å². The fourth-order valence-corrected chi connectivity index (χ4v) is 4.57. The van der Waals surface area contributed by atoms with E-state index in [2.05, 4.69) is 24.3 Å². The summed E-state index contributed by atoms with van der Waals surface area (Å²) in [6.07, 6.45) is -0.132. The van der Waals surface area contributed by atoms with Crippen molar-refractivity contribution >= 4 is 0 Å². The van der Waals surface area contributed by atoms with Gasteiger partial charge in [0, 0.05) is 24.0 Å². The second kappa shape index (κ2) is 9.10. The summed E-state index contributed by atoms with van der Waals surface area (Å²) in [7, 11) is 0. The Labute approximate surface area is 193 Å². The fourth-order valence-electron chi connectivity index (χ4n) is 4.57. The number of aromatic hydroxyl groups is 2. The first kappa shape index (κ1) is 21.3. The van der Waals surface area contributed by atoms with Crippen LogP contribution in [0.1, 0.15) is 34.5 Å².